The molecule has 19 heavy (non-hydrogen) atoms. The molecular formula is C13H13F2N3O. The van der Waals surface area contributed by atoms with Crippen LogP contribution in [0, 0.1) is 25.5 Å². The molecule has 0 saturated carbocycles. The van der Waals surface area contributed by atoms with Crippen LogP contribution in [-0.2, 0) is 0 Å². The normalized spacial score (nSPS) is 10.4. The zero-order valence-corrected chi connectivity index (χ0v) is 10.5. The van der Waals surface area contributed by atoms with Crippen LogP contribution in [0.5, 0.6) is 11.6 Å². The molecule has 0 radical (unpaired) electrons. The zero-order chi connectivity index (χ0) is 14.0. The molecule has 0 fully saturated rings. The number of rotatable bonds is 3. The molecule has 0 atom stereocenters. The van der Waals surface area contributed by atoms with Crippen LogP contribution in [0.25, 0.3) is 0 Å². The molecule has 0 amide bonds. The van der Waals surface area contributed by atoms with Crippen LogP contribution in [0.4, 0.5) is 14.6 Å². The van der Waals surface area contributed by atoms with Gasteiger partial charge in [0.25, 0.3) is 5.88 Å². The standard InChI is InChI=1S/C13H13F2N3O/c1-7-3-8(2)5-9(4-7)19-13-11(15)6-10(14)12(17-13)18-16/h3-6H,16H2,1-2H3,(H,17,18). The smallest absolute Gasteiger partial charge is 0.258 e. The SMILES string of the molecule is Cc1cc(C)cc(Oc2nc(NN)c(F)cc2F)c1. The number of benzene rings is 1. The molecule has 3 N–H and O–H groups in total. The summed E-state index contributed by atoms with van der Waals surface area (Å²) >= 11 is 0. The average Bonchev–Trinajstić information content (AvgIpc) is 2.31. The highest BCUT2D eigenvalue weighted by molar-refractivity contribution is 5.41. The number of aryl methyl sites for hydroxylation is 2. The molecule has 1 heterocycles. The molecule has 0 aliphatic carbocycles. The van der Waals surface area contributed by atoms with E-state index in [0.29, 0.717) is 11.8 Å². The van der Waals surface area contributed by atoms with Crippen LogP contribution < -0.4 is 16.0 Å². The molecule has 1 aromatic heterocycles. The monoisotopic (exact) mass is 265 g/mol. The first-order valence-electron chi connectivity index (χ1n) is 5.58. The van der Waals surface area contributed by atoms with Gasteiger partial charge in [-0.05, 0) is 37.1 Å². The summed E-state index contributed by atoms with van der Waals surface area (Å²) in [6.45, 7) is 3.78. The van der Waals surface area contributed by atoms with Crippen molar-refractivity contribution in [2.75, 3.05) is 5.43 Å². The highest BCUT2D eigenvalue weighted by atomic mass is 19.1. The molecule has 2 aromatic rings. The van der Waals surface area contributed by atoms with Crippen molar-refractivity contribution >= 4 is 5.82 Å². The maximum atomic E-state index is 13.6. The van der Waals surface area contributed by atoms with Crippen molar-refractivity contribution in [2.24, 2.45) is 5.84 Å². The van der Waals surface area contributed by atoms with Gasteiger partial charge in [0, 0.05) is 6.07 Å². The van der Waals surface area contributed by atoms with Gasteiger partial charge in [-0.2, -0.15) is 4.98 Å². The average molecular weight is 265 g/mol. The molecule has 0 bridgehead atoms. The van der Waals surface area contributed by atoms with Crippen LogP contribution in [-0.4, -0.2) is 4.98 Å². The van der Waals surface area contributed by atoms with Crippen LogP contribution in [0.15, 0.2) is 24.3 Å². The van der Waals surface area contributed by atoms with Gasteiger partial charge < -0.3 is 10.2 Å². The van der Waals surface area contributed by atoms with Gasteiger partial charge in [0.2, 0.25) is 0 Å². The van der Waals surface area contributed by atoms with Crippen molar-refractivity contribution < 1.29 is 13.5 Å². The van der Waals surface area contributed by atoms with Gasteiger partial charge in [-0.1, -0.05) is 6.07 Å². The number of nitrogen functional groups attached to an aromatic ring is 1. The maximum absolute atomic E-state index is 13.6. The summed E-state index contributed by atoms with van der Waals surface area (Å²) in [5.41, 5.74) is 3.97. The second-order valence-corrected chi connectivity index (χ2v) is 4.18. The number of nitrogens with two attached hydrogens (primary N) is 1. The van der Waals surface area contributed by atoms with Crippen molar-refractivity contribution in [3.63, 3.8) is 0 Å². The van der Waals surface area contributed by atoms with E-state index in [1.807, 2.05) is 25.3 Å². The predicted octanol–water partition coefficient (Wildman–Crippen LogP) is 3.05. The van der Waals surface area contributed by atoms with Gasteiger partial charge in [-0.25, -0.2) is 14.6 Å². The Morgan fingerprint density at radius 1 is 1.05 bits per heavy atom. The predicted molar refractivity (Wildman–Crippen MR) is 68.0 cm³/mol. The number of nitrogens with zero attached hydrogens (tertiary/aromatic N) is 1. The number of hydrazine groups is 1. The summed E-state index contributed by atoms with van der Waals surface area (Å²) in [6, 6.07) is 6.08. The summed E-state index contributed by atoms with van der Waals surface area (Å²) < 4.78 is 32.1. The fourth-order valence-electron chi connectivity index (χ4n) is 1.73. The minimum absolute atomic E-state index is 0.277. The summed E-state index contributed by atoms with van der Waals surface area (Å²) in [4.78, 5) is 3.64. The fourth-order valence-corrected chi connectivity index (χ4v) is 1.73. The summed E-state index contributed by atoms with van der Waals surface area (Å²) in [5, 5.41) is 0. The van der Waals surface area contributed by atoms with E-state index in [9.17, 15) is 8.78 Å². The van der Waals surface area contributed by atoms with Gasteiger partial charge >= 0.3 is 0 Å². The van der Waals surface area contributed by atoms with Crippen molar-refractivity contribution in [3.8, 4) is 11.6 Å². The molecule has 100 valence electrons. The fraction of sp³-hybridized carbons (Fsp3) is 0.154. The van der Waals surface area contributed by atoms with E-state index in [0.717, 1.165) is 11.1 Å². The van der Waals surface area contributed by atoms with Crippen molar-refractivity contribution in [2.45, 2.75) is 13.8 Å². The number of halogens is 2. The molecule has 0 spiro atoms. The quantitative estimate of drug-likeness (QED) is 0.661. The van der Waals surface area contributed by atoms with E-state index in [4.69, 9.17) is 10.6 Å². The summed E-state index contributed by atoms with van der Waals surface area (Å²) in [6.07, 6.45) is 0. The molecule has 6 heteroatoms. The molecule has 0 saturated heterocycles. The molecule has 2 rings (SSSR count). The Balaban J connectivity index is 2.37. The molecule has 0 unspecified atom stereocenters. The Hall–Kier alpha value is -2.21. The van der Waals surface area contributed by atoms with E-state index in [-0.39, 0.29) is 11.7 Å². The highest BCUT2D eigenvalue weighted by Crippen LogP contribution is 2.26. The first-order valence-corrected chi connectivity index (χ1v) is 5.58. The minimum Gasteiger partial charge on any atom is -0.436 e. The Bertz CT molecular complexity index is 597. The number of hydrogen-bond acceptors (Lipinski definition) is 4. The third-order valence-electron chi connectivity index (χ3n) is 2.44. The third-order valence-corrected chi connectivity index (χ3v) is 2.44. The second-order valence-electron chi connectivity index (χ2n) is 4.18. The van der Waals surface area contributed by atoms with Gasteiger partial charge in [0.15, 0.2) is 17.5 Å². The number of aromatic nitrogens is 1. The van der Waals surface area contributed by atoms with Crippen LogP contribution in [0.2, 0.25) is 0 Å². The van der Waals surface area contributed by atoms with E-state index < -0.39 is 11.6 Å². The van der Waals surface area contributed by atoms with Gasteiger partial charge in [0.05, 0.1) is 0 Å². The topological polar surface area (TPSA) is 60.2 Å². The van der Waals surface area contributed by atoms with Crippen molar-refractivity contribution in [1.29, 1.82) is 0 Å². The zero-order valence-electron chi connectivity index (χ0n) is 10.5. The number of hydrogen-bond donors (Lipinski definition) is 2. The van der Waals surface area contributed by atoms with E-state index in [1.54, 1.807) is 12.1 Å². The van der Waals surface area contributed by atoms with E-state index in [1.165, 1.54) is 0 Å². The largest absolute Gasteiger partial charge is 0.436 e. The highest BCUT2D eigenvalue weighted by Gasteiger charge is 2.13. The maximum Gasteiger partial charge on any atom is 0.258 e. The van der Waals surface area contributed by atoms with E-state index >= 15 is 0 Å². The van der Waals surface area contributed by atoms with Crippen LogP contribution in [0.3, 0.4) is 0 Å². The Morgan fingerprint density at radius 3 is 2.26 bits per heavy atom. The van der Waals surface area contributed by atoms with Gasteiger partial charge in [0.1, 0.15) is 5.75 Å². The Labute approximate surface area is 109 Å². The lowest BCUT2D eigenvalue weighted by atomic mass is 10.1. The van der Waals surface area contributed by atoms with Crippen LogP contribution >= 0.6 is 0 Å². The van der Waals surface area contributed by atoms with Gasteiger partial charge in [-0.3, -0.25) is 0 Å². The first-order chi connectivity index (χ1) is 8.99. The Kier molecular flexibility index (Phi) is 3.62. The number of pyridine rings is 1. The number of nitrogens with one attached hydrogen (secondary N) is 1. The first kappa shape index (κ1) is 13.2. The number of ether oxygens (including phenoxy) is 1. The summed E-state index contributed by atoms with van der Waals surface area (Å²) in [7, 11) is 0. The van der Waals surface area contributed by atoms with Gasteiger partial charge in [-0.15, -0.1) is 0 Å². The van der Waals surface area contributed by atoms with Crippen molar-refractivity contribution in [1.82, 2.24) is 4.98 Å². The number of anilines is 1. The lowest BCUT2D eigenvalue weighted by Crippen LogP contribution is -2.11. The van der Waals surface area contributed by atoms with Crippen molar-refractivity contribution in [3.05, 3.63) is 47.0 Å². The lowest BCUT2D eigenvalue weighted by Gasteiger charge is -2.09. The molecule has 4 nitrogen and oxygen atoms in total. The second kappa shape index (κ2) is 5.19. The molecule has 1 aromatic carbocycles. The lowest BCUT2D eigenvalue weighted by molar-refractivity contribution is 0.417. The van der Waals surface area contributed by atoms with Crippen LogP contribution in [0.1, 0.15) is 11.1 Å². The molecule has 0 aliphatic rings. The third kappa shape index (κ3) is 2.97. The van der Waals surface area contributed by atoms with E-state index in [2.05, 4.69) is 4.98 Å². The molecular weight excluding hydrogens is 252 g/mol. The summed E-state index contributed by atoms with van der Waals surface area (Å²) in [5.74, 6) is 3.12. The Morgan fingerprint density at radius 2 is 1.68 bits per heavy atom. The molecule has 0 aliphatic heterocycles. The minimum atomic E-state index is -0.893.